The Bertz CT molecular complexity index is 568. The summed E-state index contributed by atoms with van der Waals surface area (Å²) in [5, 5.41) is 5.42. The number of amides is 2. The molecule has 0 atom stereocenters. The van der Waals surface area contributed by atoms with Crippen molar-refractivity contribution in [2.24, 2.45) is 0 Å². The molecule has 0 spiro atoms. The van der Waals surface area contributed by atoms with E-state index in [1.165, 1.54) is 0 Å². The van der Waals surface area contributed by atoms with Crippen LogP contribution in [0.3, 0.4) is 0 Å². The summed E-state index contributed by atoms with van der Waals surface area (Å²) in [6.45, 7) is 11.5. The second kappa shape index (κ2) is 8.56. The SMILES string of the molecule is CC(C)(C)OC(=O)NCc1cc(Br)cc(CNC(=O)OC(C)(C)C)c1. The predicted octanol–water partition coefficient (Wildman–Crippen LogP) is 4.50. The molecule has 0 aliphatic heterocycles. The van der Waals surface area contributed by atoms with Crippen molar-refractivity contribution in [3.8, 4) is 0 Å². The van der Waals surface area contributed by atoms with Crippen molar-refractivity contribution in [3.05, 3.63) is 33.8 Å². The van der Waals surface area contributed by atoms with E-state index in [-0.39, 0.29) is 0 Å². The van der Waals surface area contributed by atoms with E-state index in [4.69, 9.17) is 9.47 Å². The second-order valence-electron chi connectivity index (χ2n) is 7.68. The lowest BCUT2D eigenvalue weighted by Crippen LogP contribution is -2.32. The second-order valence-corrected chi connectivity index (χ2v) is 8.59. The van der Waals surface area contributed by atoms with Crippen molar-refractivity contribution in [2.45, 2.75) is 65.8 Å². The number of hydrogen-bond acceptors (Lipinski definition) is 4. The average molecular weight is 415 g/mol. The predicted molar refractivity (Wildman–Crippen MR) is 100 cm³/mol. The van der Waals surface area contributed by atoms with Gasteiger partial charge in [0, 0.05) is 17.6 Å². The van der Waals surface area contributed by atoms with Gasteiger partial charge in [-0.2, -0.15) is 0 Å². The van der Waals surface area contributed by atoms with Crippen molar-refractivity contribution < 1.29 is 19.1 Å². The highest BCUT2D eigenvalue weighted by atomic mass is 79.9. The van der Waals surface area contributed by atoms with E-state index in [9.17, 15) is 9.59 Å². The van der Waals surface area contributed by atoms with Crippen LogP contribution in [0.25, 0.3) is 0 Å². The lowest BCUT2D eigenvalue weighted by Gasteiger charge is -2.20. The molecule has 0 bridgehead atoms. The van der Waals surface area contributed by atoms with Gasteiger partial charge in [-0.3, -0.25) is 0 Å². The third-order valence-electron chi connectivity index (χ3n) is 2.69. The third-order valence-corrected chi connectivity index (χ3v) is 3.15. The molecule has 1 aromatic rings. The van der Waals surface area contributed by atoms with Gasteiger partial charge in [0.25, 0.3) is 0 Å². The van der Waals surface area contributed by atoms with Crippen LogP contribution in [-0.4, -0.2) is 23.4 Å². The molecule has 0 saturated carbocycles. The van der Waals surface area contributed by atoms with Crippen LogP contribution >= 0.6 is 15.9 Å². The number of benzene rings is 1. The van der Waals surface area contributed by atoms with Crippen molar-refractivity contribution in [2.75, 3.05) is 0 Å². The van der Waals surface area contributed by atoms with Crippen LogP contribution in [0.4, 0.5) is 9.59 Å². The first-order valence-corrected chi connectivity index (χ1v) is 8.85. The van der Waals surface area contributed by atoms with Crippen LogP contribution in [-0.2, 0) is 22.6 Å². The standard InChI is InChI=1S/C18H27BrN2O4/c1-17(2,3)24-15(22)20-10-12-7-13(9-14(19)8-12)11-21-16(23)25-18(4,5)6/h7-9H,10-11H2,1-6H3,(H,20,22)(H,21,23). The smallest absolute Gasteiger partial charge is 0.407 e. The summed E-state index contributed by atoms with van der Waals surface area (Å²) in [5.41, 5.74) is 0.704. The van der Waals surface area contributed by atoms with Gasteiger partial charge < -0.3 is 20.1 Å². The van der Waals surface area contributed by atoms with Gasteiger partial charge in [0.2, 0.25) is 0 Å². The number of rotatable bonds is 4. The van der Waals surface area contributed by atoms with E-state index in [0.717, 1.165) is 15.6 Å². The quantitative estimate of drug-likeness (QED) is 0.759. The van der Waals surface area contributed by atoms with Gasteiger partial charge in [-0.05, 0) is 64.8 Å². The monoisotopic (exact) mass is 414 g/mol. The van der Waals surface area contributed by atoms with Gasteiger partial charge in [0.05, 0.1) is 0 Å². The minimum absolute atomic E-state index is 0.327. The van der Waals surface area contributed by atoms with E-state index in [1.54, 1.807) is 0 Å². The Morgan fingerprint density at radius 2 is 1.20 bits per heavy atom. The molecule has 7 heteroatoms. The molecule has 0 heterocycles. The Hall–Kier alpha value is -1.76. The molecule has 0 unspecified atom stereocenters. The van der Waals surface area contributed by atoms with Crippen LogP contribution < -0.4 is 10.6 Å². The Morgan fingerprint density at radius 1 is 0.840 bits per heavy atom. The Labute approximate surface area is 157 Å². The van der Waals surface area contributed by atoms with E-state index < -0.39 is 23.4 Å². The molecule has 140 valence electrons. The number of nitrogens with one attached hydrogen (secondary N) is 2. The molecule has 0 aromatic heterocycles. The van der Waals surface area contributed by atoms with Crippen molar-refractivity contribution in [3.63, 3.8) is 0 Å². The van der Waals surface area contributed by atoms with Crippen LogP contribution in [0.1, 0.15) is 52.7 Å². The summed E-state index contributed by atoms with van der Waals surface area (Å²) in [7, 11) is 0. The third kappa shape index (κ3) is 9.96. The highest BCUT2D eigenvalue weighted by molar-refractivity contribution is 9.10. The molecule has 0 aliphatic carbocycles. The van der Waals surface area contributed by atoms with E-state index >= 15 is 0 Å². The fourth-order valence-electron chi connectivity index (χ4n) is 1.90. The minimum Gasteiger partial charge on any atom is -0.444 e. The molecule has 0 fully saturated rings. The maximum absolute atomic E-state index is 11.7. The van der Waals surface area contributed by atoms with Crippen molar-refractivity contribution >= 4 is 28.1 Å². The van der Waals surface area contributed by atoms with Gasteiger partial charge >= 0.3 is 12.2 Å². The summed E-state index contributed by atoms with van der Waals surface area (Å²) >= 11 is 3.44. The lowest BCUT2D eigenvalue weighted by molar-refractivity contribution is 0.0513. The summed E-state index contributed by atoms with van der Waals surface area (Å²) in [6, 6.07) is 5.70. The van der Waals surface area contributed by atoms with Gasteiger partial charge in [-0.15, -0.1) is 0 Å². The molecule has 0 radical (unpaired) electrons. The van der Waals surface area contributed by atoms with Crippen molar-refractivity contribution in [1.82, 2.24) is 10.6 Å². The van der Waals surface area contributed by atoms with E-state index in [1.807, 2.05) is 59.7 Å². The first kappa shape index (κ1) is 21.3. The van der Waals surface area contributed by atoms with Gasteiger partial charge in [0.15, 0.2) is 0 Å². The number of carbonyl (C=O) groups is 2. The zero-order valence-electron chi connectivity index (χ0n) is 15.7. The topological polar surface area (TPSA) is 76.7 Å². The Morgan fingerprint density at radius 3 is 1.52 bits per heavy atom. The zero-order chi connectivity index (χ0) is 19.3. The molecule has 2 N–H and O–H groups in total. The average Bonchev–Trinajstić information content (AvgIpc) is 2.39. The lowest BCUT2D eigenvalue weighted by atomic mass is 10.1. The van der Waals surface area contributed by atoms with Crippen molar-refractivity contribution in [1.29, 1.82) is 0 Å². The largest absolute Gasteiger partial charge is 0.444 e. The van der Waals surface area contributed by atoms with E-state index in [0.29, 0.717) is 13.1 Å². The van der Waals surface area contributed by atoms with Crippen LogP contribution in [0, 0.1) is 0 Å². The number of alkyl carbamates (subject to hydrolysis) is 2. The number of hydrogen-bond donors (Lipinski definition) is 2. The molecular weight excluding hydrogens is 388 g/mol. The molecule has 0 aliphatic rings. The highest BCUT2D eigenvalue weighted by Gasteiger charge is 2.17. The molecule has 25 heavy (non-hydrogen) atoms. The van der Waals surface area contributed by atoms with Crippen LogP contribution in [0.5, 0.6) is 0 Å². The van der Waals surface area contributed by atoms with Gasteiger partial charge in [0.1, 0.15) is 11.2 Å². The molecule has 0 saturated heterocycles. The normalized spacial score (nSPS) is 11.6. The number of halogens is 1. The van der Waals surface area contributed by atoms with Crippen LogP contribution in [0.15, 0.2) is 22.7 Å². The summed E-state index contributed by atoms with van der Waals surface area (Å²) in [5.74, 6) is 0. The molecule has 6 nitrogen and oxygen atoms in total. The fraction of sp³-hybridized carbons (Fsp3) is 0.556. The fourth-order valence-corrected chi connectivity index (χ4v) is 2.49. The molecule has 2 amide bonds. The summed E-state index contributed by atoms with van der Waals surface area (Å²) < 4.78 is 11.3. The maximum atomic E-state index is 11.7. The first-order chi connectivity index (χ1) is 11.3. The minimum atomic E-state index is -0.538. The number of carbonyl (C=O) groups excluding carboxylic acids is 2. The number of ether oxygens (including phenoxy) is 2. The first-order valence-electron chi connectivity index (χ1n) is 8.06. The molecular formula is C18H27BrN2O4. The maximum Gasteiger partial charge on any atom is 0.407 e. The Kier molecular flexibility index (Phi) is 7.29. The zero-order valence-corrected chi connectivity index (χ0v) is 17.2. The van der Waals surface area contributed by atoms with Crippen LogP contribution in [0.2, 0.25) is 0 Å². The summed E-state index contributed by atoms with van der Waals surface area (Å²) in [6.07, 6.45) is -0.943. The Balaban J connectivity index is 2.61. The molecule has 1 rings (SSSR count). The highest BCUT2D eigenvalue weighted by Crippen LogP contribution is 2.17. The summed E-state index contributed by atoms with van der Waals surface area (Å²) in [4.78, 5) is 23.5. The molecule has 1 aromatic carbocycles. The van der Waals surface area contributed by atoms with Gasteiger partial charge in [-0.1, -0.05) is 22.0 Å². The van der Waals surface area contributed by atoms with Gasteiger partial charge in [-0.25, -0.2) is 9.59 Å². The van der Waals surface area contributed by atoms with E-state index in [2.05, 4.69) is 26.6 Å².